The van der Waals surface area contributed by atoms with Crippen molar-refractivity contribution < 1.29 is 0 Å². The van der Waals surface area contributed by atoms with Gasteiger partial charge < -0.3 is 11.1 Å². The molecular formula is C9H19N3. The van der Waals surface area contributed by atoms with Crippen LogP contribution in [0.5, 0.6) is 0 Å². The zero-order valence-corrected chi connectivity index (χ0v) is 7.63. The van der Waals surface area contributed by atoms with Crippen molar-refractivity contribution in [3.63, 3.8) is 0 Å². The van der Waals surface area contributed by atoms with Crippen LogP contribution in [0.25, 0.3) is 0 Å². The zero-order chi connectivity index (χ0) is 8.39. The third-order valence-corrected chi connectivity index (χ3v) is 3.16. The number of rotatable bonds is 3. The van der Waals surface area contributed by atoms with Gasteiger partial charge in [0.2, 0.25) is 0 Å². The van der Waals surface area contributed by atoms with Crippen molar-refractivity contribution in [1.29, 1.82) is 0 Å². The van der Waals surface area contributed by atoms with Crippen LogP contribution in [0, 0.1) is 0 Å². The Labute approximate surface area is 74.3 Å². The predicted molar refractivity (Wildman–Crippen MR) is 50.1 cm³/mol. The number of hydrogen-bond acceptors (Lipinski definition) is 3. The maximum absolute atomic E-state index is 5.47. The molecule has 2 fully saturated rings. The summed E-state index contributed by atoms with van der Waals surface area (Å²) in [6.45, 7) is 4.37. The summed E-state index contributed by atoms with van der Waals surface area (Å²) in [5.41, 5.74) is 5.47. The SMILES string of the molecule is NCCNC1CCN2CCCC12. The number of fused-ring (bicyclic) bond motifs is 1. The van der Waals surface area contributed by atoms with Gasteiger partial charge in [-0.1, -0.05) is 0 Å². The van der Waals surface area contributed by atoms with Gasteiger partial charge in [-0.05, 0) is 25.8 Å². The molecule has 0 amide bonds. The molecule has 0 aromatic carbocycles. The Balaban J connectivity index is 1.83. The van der Waals surface area contributed by atoms with E-state index in [1.165, 1.54) is 32.4 Å². The van der Waals surface area contributed by atoms with E-state index in [0.29, 0.717) is 0 Å². The topological polar surface area (TPSA) is 41.3 Å². The third-order valence-electron chi connectivity index (χ3n) is 3.16. The third kappa shape index (κ3) is 1.49. The van der Waals surface area contributed by atoms with Crippen molar-refractivity contribution in [1.82, 2.24) is 10.2 Å². The molecule has 0 aliphatic carbocycles. The molecule has 2 rings (SSSR count). The van der Waals surface area contributed by atoms with E-state index in [2.05, 4.69) is 10.2 Å². The lowest BCUT2D eigenvalue weighted by molar-refractivity contribution is 0.300. The van der Waals surface area contributed by atoms with Crippen molar-refractivity contribution in [2.45, 2.75) is 31.3 Å². The molecule has 0 aromatic heterocycles. The lowest BCUT2D eigenvalue weighted by Crippen LogP contribution is -2.41. The van der Waals surface area contributed by atoms with Gasteiger partial charge in [0, 0.05) is 31.7 Å². The molecule has 2 atom stereocenters. The van der Waals surface area contributed by atoms with Crippen LogP contribution >= 0.6 is 0 Å². The van der Waals surface area contributed by atoms with Gasteiger partial charge in [0.15, 0.2) is 0 Å². The number of nitrogens with two attached hydrogens (primary N) is 1. The summed E-state index contributed by atoms with van der Waals surface area (Å²) in [6.07, 6.45) is 4.11. The maximum Gasteiger partial charge on any atom is 0.0250 e. The average molecular weight is 169 g/mol. The highest BCUT2D eigenvalue weighted by molar-refractivity contribution is 4.95. The number of nitrogens with one attached hydrogen (secondary N) is 1. The second-order valence-electron chi connectivity index (χ2n) is 3.88. The summed E-state index contributed by atoms with van der Waals surface area (Å²) >= 11 is 0. The van der Waals surface area contributed by atoms with E-state index < -0.39 is 0 Å². The van der Waals surface area contributed by atoms with Crippen molar-refractivity contribution >= 4 is 0 Å². The zero-order valence-electron chi connectivity index (χ0n) is 7.63. The lowest BCUT2D eigenvalue weighted by atomic mass is 10.1. The largest absolute Gasteiger partial charge is 0.329 e. The van der Waals surface area contributed by atoms with Crippen LogP contribution in [0.4, 0.5) is 0 Å². The predicted octanol–water partition coefficient (Wildman–Crippen LogP) is -0.229. The fraction of sp³-hybridized carbons (Fsp3) is 1.00. The molecule has 2 aliphatic heterocycles. The second-order valence-corrected chi connectivity index (χ2v) is 3.88. The van der Waals surface area contributed by atoms with Crippen molar-refractivity contribution in [3.8, 4) is 0 Å². The highest BCUT2D eigenvalue weighted by Gasteiger charge is 2.36. The van der Waals surface area contributed by atoms with Gasteiger partial charge in [0.1, 0.15) is 0 Å². The van der Waals surface area contributed by atoms with E-state index >= 15 is 0 Å². The molecule has 0 radical (unpaired) electrons. The van der Waals surface area contributed by atoms with E-state index in [9.17, 15) is 0 Å². The lowest BCUT2D eigenvalue weighted by Gasteiger charge is -2.20. The van der Waals surface area contributed by atoms with Crippen LogP contribution in [0.15, 0.2) is 0 Å². The Kier molecular flexibility index (Phi) is 2.63. The molecule has 3 heteroatoms. The normalized spacial score (nSPS) is 35.8. The Bertz CT molecular complexity index is 149. The minimum absolute atomic E-state index is 0.732. The molecule has 12 heavy (non-hydrogen) atoms. The minimum atomic E-state index is 0.732. The van der Waals surface area contributed by atoms with Crippen molar-refractivity contribution in [3.05, 3.63) is 0 Å². The van der Waals surface area contributed by atoms with Crippen LogP contribution < -0.4 is 11.1 Å². The van der Waals surface area contributed by atoms with Crippen LogP contribution in [-0.2, 0) is 0 Å². The molecule has 0 spiro atoms. The molecule has 0 aromatic rings. The van der Waals surface area contributed by atoms with Crippen molar-refractivity contribution in [2.75, 3.05) is 26.2 Å². The van der Waals surface area contributed by atoms with Gasteiger partial charge in [0.05, 0.1) is 0 Å². The smallest absolute Gasteiger partial charge is 0.0250 e. The summed E-state index contributed by atoms with van der Waals surface area (Å²) < 4.78 is 0. The molecule has 2 heterocycles. The van der Waals surface area contributed by atoms with Gasteiger partial charge >= 0.3 is 0 Å². The van der Waals surface area contributed by atoms with Crippen LogP contribution in [0.2, 0.25) is 0 Å². The van der Waals surface area contributed by atoms with E-state index in [-0.39, 0.29) is 0 Å². The molecular weight excluding hydrogens is 150 g/mol. The minimum Gasteiger partial charge on any atom is -0.329 e. The summed E-state index contributed by atoms with van der Waals surface area (Å²) in [5.74, 6) is 0. The number of nitrogens with zero attached hydrogens (tertiary/aromatic N) is 1. The molecule has 2 aliphatic rings. The van der Waals surface area contributed by atoms with E-state index in [1.54, 1.807) is 0 Å². The standard InChI is InChI=1S/C9H19N3/c10-4-5-11-8-3-7-12-6-1-2-9(8)12/h8-9,11H,1-7,10H2. The fourth-order valence-corrected chi connectivity index (χ4v) is 2.59. The highest BCUT2D eigenvalue weighted by atomic mass is 15.2. The van der Waals surface area contributed by atoms with Gasteiger partial charge in [-0.3, -0.25) is 4.90 Å². The van der Waals surface area contributed by atoms with E-state index in [0.717, 1.165) is 25.2 Å². The van der Waals surface area contributed by atoms with E-state index in [1.807, 2.05) is 0 Å². The molecule has 2 unspecified atom stereocenters. The van der Waals surface area contributed by atoms with Gasteiger partial charge in [-0.2, -0.15) is 0 Å². The second kappa shape index (κ2) is 3.73. The monoisotopic (exact) mass is 169 g/mol. The van der Waals surface area contributed by atoms with E-state index in [4.69, 9.17) is 5.73 Å². The average Bonchev–Trinajstić information content (AvgIpc) is 2.62. The van der Waals surface area contributed by atoms with Crippen LogP contribution in [0.1, 0.15) is 19.3 Å². The Morgan fingerprint density at radius 1 is 1.33 bits per heavy atom. The quantitative estimate of drug-likeness (QED) is 0.613. The first-order valence-electron chi connectivity index (χ1n) is 5.09. The van der Waals surface area contributed by atoms with Gasteiger partial charge in [-0.15, -0.1) is 0 Å². The molecule has 0 saturated carbocycles. The summed E-state index contributed by atoms with van der Waals surface area (Å²) in [4.78, 5) is 2.62. The fourth-order valence-electron chi connectivity index (χ4n) is 2.59. The highest BCUT2D eigenvalue weighted by Crippen LogP contribution is 2.27. The molecule has 3 nitrogen and oxygen atoms in total. The van der Waals surface area contributed by atoms with Gasteiger partial charge in [0.25, 0.3) is 0 Å². The number of hydrogen-bond donors (Lipinski definition) is 2. The van der Waals surface area contributed by atoms with Crippen molar-refractivity contribution in [2.24, 2.45) is 5.73 Å². The summed E-state index contributed by atoms with van der Waals surface area (Å²) in [7, 11) is 0. The molecule has 70 valence electrons. The first-order chi connectivity index (χ1) is 5.92. The molecule has 2 saturated heterocycles. The Hall–Kier alpha value is -0.120. The summed E-state index contributed by atoms with van der Waals surface area (Å²) in [5, 5.41) is 3.54. The molecule has 0 bridgehead atoms. The summed E-state index contributed by atoms with van der Waals surface area (Å²) in [6, 6.07) is 1.56. The first-order valence-corrected chi connectivity index (χ1v) is 5.09. The van der Waals surface area contributed by atoms with Crippen LogP contribution in [-0.4, -0.2) is 43.2 Å². The van der Waals surface area contributed by atoms with Gasteiger partial charge in [-0.25, -0.2) is 0 Å². The molecule has 3 N–H and O–H groups in total. The van der Waals surface area contributed by atoms with Crippen LogP contribution in [0.3, 0.4) is 0 Å². The maximum atomic E-state index is 5.47. The first kappa shape index (κ1) is 8.48. The Morgan fingerprint density at radius 3 is 3.08 bits per heavy atom. The Morgan fingerprint density at radius 2 is 2.25 bits per heavy atom.